The molecule has 1 aromatic carbocycles. The van der Waals surface area contributed by atoms with Gasteiger partial charge in [0.2, 0.25) is 0 Å². The van der Waals surface area contributed by atoms with E-state index in [1.807, 2.05) is 32.0 Å². The van der Waals surface area contributed by atoms with Gasteiger partial charge < -0.3 is 20.6 Å². The minimum atomic E-state index is 0.572. The van der Waals surface area contributed by atoms with Crippen LogP contribution in [0, 0.1) is 26.7 Å². The normalized spacial score (nSPS) is 13.7. The van der Waals surface area contributed by atoms with Crippen molar-refractivity contribution < 1.29 is 4.52 Å². The summed E-state index contributed by atoms with van der Waals surface area (Å²) in [5.74, 6) is 3.20. The lowest BCUT2D eigenvalue weighted by atomic mass is 9.85. The average Bonchev–Trinajstić information content (AvgIpc) is 3.18. The summed E-state index contributed by atoms with van der Waals surface area (Å²) in [7, 11) is 0. The number of aromatic nitrogens is 4. The van der Waals surface area contributed by atoms with Gasteiger partial charge in [0.05, 0.1) is 16.9 Å². The van der Waals surface area contributed by atoms with Crippen LogP contribution in [0.4, 0.5) is 11.5 Å². The van der Waals surface area contributed by atoms with Crippen LogP contribution in [0.3, 0.4) is 0 Å². The van der Waals surface area contributed by atoms with Crippen LogP contribution in [0.2, 0.25) is 0 Å². The maximum Gasteiger partial charge on any atom is 0.141 e. The first-order valence-electron chi connectivity index (χ1n) is 10.3. The summed E-state index contributed by atoms with van der Waals surface area (Å²) in [4.78, 5) is 8.45. The Labute approximate surface area is 176 Å². The first-order valence-corrected chi connectivity index (χ1v) is 10.3. The van der Waals surface area contributed by atoms with Crippen molar-refractivity contribution in [3.63, 3.8) is 0 Å². The number of nitrogen functional groups attached to an aromatic ring is 2. The number of imidazole rings is 1. The van der Waals surface area contributed by atoms with Gasteiger partial charge in [0.15, 0.2) is 0 Å². The number of anilines is 2. The Bertz CT molecular complexity index is 1140. The molecule has 30 heavy (non-hydrogen) atoms. The van der Waals surface area contributed by atoms with Crippen LogP contribution in [-0.4, -0.2) is 19.7 Å². The Morgan fingerprint density at radius 3 is 2.47 bits per heavy atom. The molecule has 4 aromatic rings. The standard InChI is InChI=1S/C18H22N4O.C5H6N2/c1-10-17(11(2)23-21-10)14-7-15(19)18-16(8-14)22(12(3)20-18)9-13-5-4-6-13;6-5-3-1-2-4-7-5/h7-8,13H,4-6,9,19H2,1-3H3;1-4H,(H2,6,7). The van der Waals surface area contributed by atoms with Crippen molar-refractivity contribution in [3.8, 4) is 11.1 Å². The van der Waals surface area contributed by atoms with Crippen molar-refractivity contribution in [1.29, 1.82) is 0 Å². The third-order valence-electron chi connectivity index (χ3n) is 5.75. The molecule has 0 unspecified atom stereocenters. The van der Waals surface area contributed by atoms with E-state index in [9.17, 15) is 0 Å². The number of hydrogen-bond acceptors (Lipinski definition) is 6. The van der Waals surface area contributed by atoms with Crippen LogP contribution < -0.4 is 11.5 Å². The maximum atomic E-state index is 6.30. The Hall–Kier alpha value is -3.35. The van der Waals surface area contributed by atoms with Gasteiger partial charge in [0.1, 0.15) is 22.9 Å². The number of pyridine rings is 1. The highest BCUT2D eigenvalue weighted by Crippen LogP contribution is 2.35. The second kappa shape index (κ2) is 8.18. The molecule has 1 saturated carbocycles. The molecule has 7 heteroatoms. The summed E-state index contributed by atoms with van der Waals surface area (Å²) < 4.78 is 7.63. The number of nitrogens with two attached hydrogens (primary N) is 2. The molecule has 156 valence electrons. The Morgan fingerprint density at radius 1 is 1.13 bits per heavy atom. The summed E-state index contributed by atoms with van der Waals surface area (Å²) in [5.41, 5.74) is 17.3. The minimum absolute atomic E-state index is 0.572. The number of fused-ring (bicyclic) bond motifs is 1. The lowest BCUT2D eigenvalue weighted by Gasteiger charge is -2.26. The molecule has 0 spiro atoms. The third-order valence-corrected chi connectivity index (χ3v) is 5.75. The fraction of sp³-hybridized carbons (Fsp3) is 0.348. The topological polar surface area (TPSA) is 109 Å². The maximum absolute atomic E-state index is 6.30. The molecule has 4 N–H and O–H groups in total. The molecule has 0 radical (unpaired) electrons. The minimum Gasteiger partial charge on any atom is -0.397 e. The van der Waals surface area contributed by atoms with Gasteiger partial charge in [0.25, 0.3) is 0 Å². The summed E-state index contributed by atoms with van der Waals surface area (Å²) in [5, 5.41) is 4.06. The van der Waals surface area contributed by atoms with Gasteiger partial charge in [-0.2, -0.15) is 0 Å². The van der Waals surface area contributed by atoms with Crippen molar-refractivity contribution in [2.24, 2.45) is 5.92 Å². The van der Waals surface area contributed by atoms with Crippen LogP contribution in [-0.2, 0) is 6.54 Å². The summed E-state index contributed by atoms with van der Waals surface area (Å²) in [6.45, 7) is 7.00. The van der Waals surface area contributed by atoms with Crippen LogP contribution in [0.25, 0.3) is 22.2 Å². The van der Waals surface area contributed by atoms with Crippen molar-refractivity contribution in [3.05, 3.63) is 53.8 Å². The van der Waals surface area contributed by atoms with E-state index in [2.05, 4.69) is 27.7 Å². The van der Waals surface area contributed by atoms with E-state index in [4.69, 9.17) is 21.0 Å². The van der Waals surface area contributed by atoms with E-state index in [1.165, 1.54) is 19.3 Å². The van der Waals surface area contributed by atoms with Gasteiger partial charge in [-0.3, -0.25) is 0 Å². The smallest absolute Gasteiger partial charge is 0.141 e. The molecule has 3 aromatic heterocycles. The van der Waals surface area contributed by atoms with E-state index in [0.717, 1.165) is 51.9 Å². The first-order chi connectivity index (χ1) is 14.4. The molecule has 1 aliphatic carbocycles. The summed E-state index contributed by atoms with van der Waals surface area (Å²) in [6.07, 6.45) is 5.65. The van der Waals surface area contributed by atoms with Gasteiger partial charge in [-0.25, -0.2) is 9.97 Å². The Kier molecular flexibility index (Phi) is 5.44. The number of nitrogens with zero attached hydrogens (tertiary/aromatic N) is 4. The van der Waals surface area contributed by atoms with Crippen molar-refractivity contribution in [2.75, 3.05) is 11.5 Å². The average molecular weight is 405 g/mol. The van der Waals surface area contributed by atoms with E-state index >= 15 is 0 Å². The lowest BCUT2D eigenvalue weighted by Crippen LogP contribution is -2.18. The zero-order valence-electron chi connectivity index (χ0n) is 17.7. The quantitative estimate of drug-likeness (QED) is 0.481. The number of benzene rings is 1. The van der Waals surface area contributed by atoms with Gasteiger partial charge in [-0.05, 0) is 69.4 Å². The zero-order valence-corrected chi connectivity index (χ0v) is 17.7. The number of rotatable bonds is 3. The molecule has 5 rings (SSSR count). The monoisotopic (exact) mass is 404 g/mol. The number of hydrogen-bond donors (Lipinski definition) is 2. The highest BCUT2D eigenvalue weighted by atomic mass is 16.5. The SMILES string of the molecule is Cc1noc(C)c1-c1cc(N)c2nc(C)n(CC3CCC3)c2c1.Nc1ccccn1. The molecule has 1 aliphatic rings. The Balaban J connectivity index is 0.000000265. The first kappa shape index (κ1) is 19.9. The second-order valence-corrected chi connectivity index (χ2v) is 7.95. The summed E-state index contributed by atoms with van der Waals surface area (Å²) in [6, 6.07) is 9.59. The van der Waals surface area contributed by atoms with Crippen LogP contribution >= 0.6 is 0 Å². The highest BCUT2D eigenvalue weighted by Gasteiger charge is 2.22. The van der Waals surface area contributed by atoms with E-state index in [-0.39, 0.29) is 0 Å². The van der Waals surface area contributed by atoms with E-state index < -0.39 is 0 Å². The van der Waals surface area contributed by atoms with Gasteiger partial charge >= 0.3 is 0 Å². The van der Waals surface area contributed by atoms with Gasteiger partial charge in [-0.1, -0.05) is 17.6 Å². The molecule has 7 nitrogen and oxygen atoms in total. The van der Waals surface area contributed by atoms with Crippen LogP contribution in [0.1, 0.15) is 36.5 Å². The summed E-state index contributed by atoms with van der Waals surface area (Å²) >= 11 is 0. The second-order valence-electron chi connectivity index (χ2n) is 7.95. The molecule has 3 heterocycles. The Morgan fingerprint density at radius 2 is 1.93 bits per heavy atom. The van der Waals surface area contributed by atoms with E-state index in [1.54, 1.807) is 12.3 Å². The molecule has 0 bridgehead atoms. The fourth-order valence-corrected chi connectivity index (χ4v) is 3.94. The largest absolute Gasteiger partial charge is 0.397 e. The lowest BCUT2D eigenvalue weighted by molar-refractivity contribution is 0.277. The molecule has 0 saturated heterocycles. The molecular weight excluding hydrogens is 376 g/mol. The van der Waals surface area contributed by atoms with Crippen molar-refractivity contribution in [2.45, 2.75) is 46.6 Å². The fourth-order valence-electron chi connectivity index (χ4n) is 3.94. The van der Waals surface area contributed by atoms with Crippen LogP contribution in [0.15, 0.2) is 41.1 Å². The van der Waals surface area contributed by atoms with Gasteiger partial charge in [0, 0.05) is 18.3 Å². The highest BCUT2D eigenvalue weighted by molar-refractivity contribution is 5.93. The van der Waals surface area contributed by atoms with E-state index in [0.29, 0.717) is 11.5 Å². The predicted octanol–water partition coefficient (Wildman–Crippen LogP) is 4.66. The van der Waals surface area contributed by atoms with Crippen LogP contribution in [0.5, 0.6) is 0 Å². The third kappa shape index (κ3) is 3.87. The molecule has 0 aliphatic heterocycles. The predicted molar refractivity (Wildman–Crippen MR) is 120 cm³/mol. The number of aryl methyl sites for hydroxylation is 3. The van der Waals surface area contributed by atoms with Gasteiger partial charge in [-0.15, -0.1) is 0 Å². The van der Waals surface area contributed by atoms with Crippen molar-refractivity contribution in [1.82, 2.24) is 19.7 Å². The van der Waals surface area contributed by atoms with Crippen molar-refractivity contribution >= 4 is 22.5 Å². The molecular formula is C23H28N6O. The molecule has 0 atom stereocenters. The zero-order chi connectivity index (χ0) is 21.3. The molecule has 1 fully saturated rings. The molecule has 0 amide bonds.